The highest BCUT2D eigenvalue weighted by Gasteiger charge is 2.09. The maximum atomic E-state index is 12.5. The van der Waals surface area contributed by atoms with Gasteiger partial charge in [0, 0.05) is 11.6 Å². The van der Waals surface area contributed by atoms with E-state index >= 15 is 0 Å². The van der Waals surface area contributed by atoms with E-state index in [1.165, 1.54) is 0 Å². The lowest BCUT2D eigenvalue weighted by molar-refractivity contribution is 0.104. The van der Waals surface area contributed by atoms with Crippen molar-refractivity contribution < 1.29 is 19.0 Å². The summed E-state index contributed by atoms with van der Waals surface area (Å²) in [7, 11) is 4.74. The van der Waals surface area contributed by atoms with Gasteiger partial charge in [0.15, 0.2) is 5.78 Å². The van der Waals surface area contributed by atoms with Crippen molar-refractivity contribution in [3.63, 3.8) is 0 Å². The van der Waals surface area contributed by atoms with Crippen molar-refractivity contribution in [2.45, 2.75) is 6.92 Å². The van der Waals surface area contributed by atoms with Crippen LogP contribution in [0.5, 0.6) is 17.2 Å². The van der Waals surface area contributed by atoms with E-state index in [0.717, 1.165) is 16.9 Å². The molecule has 0 radical (unpaired) electrons. The molecule has 0 aliphatic rings. The van der Waals surface area contributed by atoms with E-state index in [1.54, 1.807) is 45.6 Å². The van der Waals surface area contributed by atoms with Crippen LogP contribution in [0.1, 0.15) is 22.8 Å². The molecule has 0 spiro atoms. The van der Waals surface area contributed by atoms with Crippen LogP contribution in [0.2, 0.25) is 0 Å². The van der Waals surface area contributed by atoms with Crippen LogP contribution in [0.3, 0.4) is 0 Å². The summed E-state index contributed by atoms with van der Waals surface area (Å²) in [6.45, 7) is 1.90. The normalized spacial score (nSPS) is 11.0. The monoisotopic (exact) mass is 312 g/mol. The highest BCUT2D eigenvalue weighted by atomic mass is 16.5. The summed E-state index contributed by atoms with van der Waals surface area (Å²) in [6.07, 6.45) is 1.61. The molecular weight excluding hydrogens is 292 g/mol. The van der Waals surface area contributed by atoms with E-state index in [4.69, 9.17) is 14.2 Å². The first-order valence-corrected chi connectivity index (χ1v) is 7.17. The molecule has 2 aromatic rings. The molecule has 0 saturated carbocycles. The third-order valence-electron chi connectivity index (χ3n) is 3.53. The fraction of sp³-hybridized carbons (Fsp3) is 0.211. The minimum atomic E-state index is -0.101. The zero-order valence-electron chi connectivity index (χ0n) is 13.8. The maximum absolute atomic E-state index is 12.5. The Kier molecular flexibility index (Phi) is 5.41. The smallest absolute Gasteiger partial charge is 0.186 e. The van der Waals surface area contributed by atoms with E-state index in [2.05, 4.69) is 0 Å². The van der Waals surface area contributed by atoms with Crippen molar-refractivity contribution in [2.24, 2.45) is 0 Å². The molecule has 120 valence electrons. The van der Waals surface area contributed by atoms with Crippen molar-refractivity contribution in [1.82, 2.24) is 0 Å². The van der Waals surface area contributed by atoms with Gasteiger partial charge in [-0.1, -0.05) is 12.1 Å². The summed E-state index contributed by atoms with van der Waals surface area (Å²) in [5.74, 6) is 1.85. The Labute approximate surface area is 136 Å². The molecule has 0 atom stereocenters. The zero-order chi connectivity index (χ0) is 16.8. The molecule has 0 heterocycles. The first-order chi connectivity index (χ1) is 11.1. The fourth-order valence-electron chi connectivity index (χ4n) is 2.17. The Balaban J connectivity index is 2.28. The third-order valence-corrected chi connectivity index (χ3v) is 3.53. The molecule has 0 bridgehead atoms. The molecule has 0 aliphatic heterocycles. The number of ketones is 1. The van der Waals surface area contributed by atoms with Gasteiger partial charge >= 0.3 is 0 Å². The van der Waals surface area contributed by atoms with Gasteiger partial charge in [-0.05, 0) is 48.4 Å². The van der Waals surface area contributed by atoms with Crippen LogP contribution < -0.4 is 14.2 Å². The van der Waals surface area contributed by atoms with Crippen LogP contribution in [-0.2, 0) is 0 Å². The lowest BCUT2D eigenvalue weighted by Gasteiger charge is -2.07. The van der Waals surface area contributed by atoms with Crippen LogP contribution in [0.25, 0.3) is 5.57 Å². The summed E-state index contributed by atoms with van der Waals surface area (Å²) in [5.41, 5.74) is 2.36. The largest absolute Gasteiger partial charge is 0.497 e. The molecule has 0 saturated heterocycles. The van der Waals surface area contributed by atoms with Crippen molar-refractivity contribution in [3.8, 4) is 17.2 Å². The molecule has 2 aromatic carbocycles. The maximum Gasteiger partial charge on any atom is 0.186 e. The summed E-state index contributed by atoms with van der Waals surface area (Å²) < 4.78 is 15.5. The minimum absolute atomic E-state index is 0.101. The van der Waals surface area contributed by atoms with Crippen molar-refractivity contribution >= 4 is 11.4 Å². The van der Waals surface area contributed by atoms with E-state index in [0.29, 0.717) is 17.1 Å². The quantitative estimate of drug-likeness (QED) is 0.597. The van der Waals surface area contributed by atoms with E-state index in [-0.39, 0.29) is 5.78 Å². The Morgan fingerprint density at radius 1 is 0.783 bits per heavy atom. The molecule has 23 heavy (non-hydrogen) atoms. The van der Waals surface area contributed by atoms with Gasteiger partial charge in [-0.15, -0.1) is 0 Å². The Hall–Kier alpha value is -2.75. The second kappa shape index (κ2) is 7.49. The van der Waals surface area contributed by atoms with Crippen molar-refractivity contribution in [2.75, 3.05) is 21.3 Å². The van der Waals surface area contributed by atoms with Gasteiger partial charge in [-0.3, -0.25) is 4.79 Å². The molecule has 0 unspecified atom stereocenters. The number of hydrogen-bond donors (Lipinski definition) is 0. The number of ether oxygens (including phenoxy) is 3. The summed E-state index contributed by atoms with van der Waals surface area (Å²) in [5, 5.41) is 0. The summed E-state index contributed by atoms with van der Waals surface area (Å²) >= 11 is 0. The van der Waals surface area contributed by atoms with Gasteiger partial charge in [0.25, 0.3) is 0 Å². The first kappa shape index (κ1) is 16.6. The van der Waals surface area contributed by atoms with Gasteiger partial charge in [-0.25, -0.2) is 0 Å². The molecule has 0 amide bonds. The molecular formula is C19H20O4. The van der Waals surface area contributed by atoms with E-state index < -0.39 is 0 Å². The van der Waals surface area contributed by atoms with Gasteiger partial charge in [-0.2, -0.15) is 0 Å². The molecule has 4 nitrogen and oxygen atoms in total. The van der Waals surface area contributed by atoms with Crippen molar-refractivity contribution in [3.05, 3.63) is 59.7 Å². The highest BCUT2D eigenvalue weighted by molar-refractivity contribution is 6.08. The van der Waals surface area contributed by atoms with Crippen LogP contribution >= 0.6 is 0 Å². The van der Waals surface area contributed by atoms with Gasteiger partial charge in [0.05, 0.1) is 21.3 Å². The zero-order valence-corrected chi connectivity index (χ0v) is 13.8. The molecule has 0 N–H and O–H groups in total. The minimum Gasteiger partial charge on any atom is -0.497 e. The summed E-state index contributed by atoms with van der Waals surface area (Å²) in [6, 6.07) is 12.7. The number of carbonyl (C=O) groups is 1. The average molecular weight is 312 g/mol. The number of carbonyl (C=O) groups excluding carboxylic acids is 1. The number of methoxy groups -OCH3 is 3. The number of rotatable bonds is 6. The number of benzene rings is 2. The topological polar surface area (TPSA) is 44.8 Å². The van der Waals surface area contributed by atoms with Gasteiger partial charge in [0.1, 0.15) is 17.2 Å². The predicted octanol–water partition coefficient (Wildman–Crippen LogP) is 4.00. The van der Waals surface area contributed by atoms with Crippen LogP contribution in [0.4, 0.5) is 0 Å². The van der Waals surface area contributed by atoms with E-state index in [1.807, 2.05) is 31.2 Å². The second-order valence-corrected chi connectivity index (χ2v) is 5.02. The van der Waals surface area contributed by atoms with Gasteiger partial charge in [0.2, 0.25) is 0 Å². The molecule has 0 aromatic heterocycles. The SMILES string of the molecule is COc1ccc(/C(C)=C\C(=O)c2cc(OC)cc(OC)c2)cc1. The van der Waals surface area contributed by atoms with Crippen molar-refractivity contribution in [1.29, 1.82) is 0 Å². The van der Waals surface area contributed by atoms with Crippen LogP contribution in [-0.4, -0.2) is 27.1 Å². The molecule has 0 fully saturated rings. The average Bonchev–Trinajstić information content (AvgIpc) is 2.61. The fourth-order valence-corrected chi connectivity index (χ4v) is 2.17. The predicted molar refractivity (Wildman–Crippen MR) is 90.5 cm³/mol. The molecule has 0 aliphatic carbocycles. The van der Waals surface area contributed by atoms with E-state index in [9.17, 15) is 4.79 Å². The Morgan fingerprint density at radius 3 is 1.78 bits per heavy atom. The first-order valence-electron chi connectivity index (χ1n) is 7.17. The Bertz CT molecular complexity index is 692. The van der Waals surface area contributed by atoms with Crippen LogP contribution in [0.15, 0.2) is 48.5 Å². The number of allylic oxidation sites excluding steroid dienone is 2. The lowest BCUT2D eigenvalue weighted by atomic mass is 10.0. The molecule has 2 rings (SSSR count). The lowest BCUT2D eigenvalue weighted by Crippen LogP contribution is -1.98. The number of hydrogen-bond acceptors (Lipinski definition) is 4. The summed E-state index contributed by atoms with van der Waals surface area (Å²) in [4.78, 5) is 12.5. The standard InChI is InChI=1S/C19H20O4/c1-13(14-5-7-16(21-2)8-6-14)9-19(20)15-10-17(22-3)12-18(11-15)23-4/h5-12H,1-4H3/b13-9-. The third kappa shape index (κ3) is 4.13. The van der Waals surface area contributed by atoms with Crippen LogP contribution in [0, 0.1) is 0 Å². The molecule has 4 heteroatoms. The highest BCUT2D eigenvalue weighted by Crippen LogP contribution is 2.24. The second-order valence-electron chi connectivity index (χ2n) is 5.02. The van der Waals surface area contributed by atoms with Gasteiger partial charge < -0.3 is 14.2 Å². The Morgan fingerprint density at radius 2 is 1.30 bits per heavy atom.